The first kappa shape index (κ1) is 31.7. The number of hydrogen-bond acceptors (Lipinski definition) is 7. The van der Waals surface area contributed by atoms with E-state index in [0.29, 0.717) is 44.7 Å². The molecule has 40 heavy (non-hydrogen) atoms. The molecular formula is C30H42N3O6P. The number of hydrogen-bond donors (Lipinski definition) is 2. The van der Waals surface area contributed by atoms with Gasteiger partial charge in [0, 0.05) is 24.7 Å². The summed E-state index contributed by atoms with van der Waals surface area (Å²) in [6.45, 7) is 6.39. The number of nitrogens with two attached hydrogens (primary N) is 1. The van der Waals surface area contributed by atoms with E-state index in [9.17, 15) is 14.2 Å². The first-order valence-corrected chi connectivity index (χ1v) is 15.7. The standard InChI is InChI=1S/C30H42N3O6P/c1-3-38-40(36,39-4-2)22-8-11-27(17-14-24-9-6-5-7-10-24)32-29(34)28(31)23-25-12-15-26(16-13-25)30(35)33-18-20-37-21-19-33/h5-13,15-16,27-28H,3-4,14,17-23,31H2,1-2H3,(H,32,34)/b11-8+/t27-,28+/m1/s1. The average Bonchev–Trinajstić information content (AvgIpc) is 2.97. The molecular weight excluding hydrogens is 529 g/mol. The molecule has 218 valence electrons. The first-order chi connectivity index (χ1) is 19.3. The van der Waals surface area contributed by atoms with E-state index >= 15 is 0 Å². The van der Waals surface area contributed by atoms with E-state index < -0.39 is 13.6 Å². The summed E-state index contributed by atoms with van der Waals surface area (Å²) in [6.07, 6.45) is 5.43. The molecule has 2 aromatic carbocycles. The van der Waals surface area contributed by atoms with Crippen molar-refractivity contribution in [3.05, 3.63) is 83.4 Å². The van der Waals surface area contributed by atoms with Crippen LogP contribution in [-0.2, 0) is 36.0 Å². The van der Waals surface area contributed by atoms with Gasteiger partial charge in [-0.3, -0.25) is 14.2 Å². The Kier molecular flexibility index (Phi) is 13.0. The van der Waals surface area contributed by atoms with E-state index in [0.717, 1.165) is 17.5 Å². The van der Waals surface area contributed by atoms with Gasteiger partial charge in [-0.05, 0) is 56.4 Å². The van der Waals surface area contributed by atoms with Crippen LogP contribution >= 0.6 is 7.60 Å². The molecule has 0 bridgehead atoms. The van der Waals surface area contributed by atoms with Gasteiger partial charge in [0.2, 0.25) is 5.91 Å². The molecule has 2 aromatic rings. The van der Waals surface area contributed by atoms with Gasteiger partial charge in [-0.25, -0.2) is 0 Å². The fourth-order valence-corrected chi connectivity index (χ4v) is 5.89. The highest BCUT2D eigenvalue weighted by molar-refractivity contribution is 7.54. The van der Waals surface area contributed by atoms with Crippen molar-refractivity contribution >= 4 is 19.4 Å². The van der Waals surface area contributed by atoms with Crippen LogP contribution < -0.4 is 11.1 Å². The molecule has 1 aliphatic rings. The van der Waals surface area contributed by atoms with Gasteiger partial charge in [-0.1, -0.05) is 54.6 Å². The largest absolute Gasteiger partial charge is 0.378 e. The summed E-state index contributed by atoms with van der Waals surface area (Å²) >= 11 is 0. The molecule has 0 aromatic heterocycles. The summed E-state index contributed by atoms with van der Waals surface area (Å²) < 4.78 is 28.9. The minimum Gasteiger partial charge on any atom is -0.378 e. The van der Waals surface area contributed by atoms with Crippen LogP contribution in [0.4, 0.5) is 0 Å². The zero-order chi connectivity index (χ0) is 28.8. The number of amides is 2. The molecule has 9 nitrogen and oxygen atoms in total. The number of carbonyl (C=O) groups is 2. The van der Waals surface area contributed by atoms with E-state index in [1.54, 1.807) is 37.0 Å². The molecule has 0 saturated carbocycles. The number of nitrogens with zero attached hydrogens (tertiary/aromatic N) is 1. The molecule has 0 unspecified atom stereocenters. The highest BCUT2D eigenvalue weighted by Crippen LogP contribution is 2.47. The third-order valence-corrected chi connectivity index (χ3v) is 8.52. The third kappa shape index (κ3) is 10.3. The fraction of sp³-hybridized carbons (Fsp3) is 0.467. The van der Waals surface area contributed by atoms with Gasteiger partial charge in [0.05, 0.1) is 38.6 Å². The Bertz CT molecular complexity index is 1130. The molecule has 1 aliphatic heterocycles. The Balaban J connectivity index is 1.60. The molecule has 3 N–H and O–H groups in total. The second kappa shape index (κ2) is 16.5. The van der Waals surface area contributed by atoms with Gasteiger partial charge in [0.1, 0.15) is 0 Å². The molecule has 1 heterocycles. The lowest BCUT2D eigenvalue weighted by atomic mass is 10.0. The summed E-state index contributed by atoms with van der Waals surface area (Å²) in [5.74, 6) is -0.308. The Morgan fingerprint density at radius 1 is 1.02 bits per heavy atom. The van der Waals surface area contributed by atoms with Gasteiger partial charge >= 0.3 is 7.60 Å². The smallest absolute Gasteiger partial charge is 0.334 e. The van der Waals surface area contributed by atoms with Crippen molar-refractivity contribution < 1.29 is 27.9 Å². The first-order valence-electron chi connectivity index (χ1n) is 13.9. The van der Waals surface area contributed by atoms with Gasteiger partial charge in [-0.15, -0.1) is 0 Å². The predicted octanol–water partition coefficient (Wildman–Crippen LogP) is 3.97. The lowest BCUT2D eigenvalue weighted by Gasteiger charge is -2.27. The van der Waals surface area contributed by atoms with Gasteiger partial charge in [-0.2, -0.15) is 0 Å². The van der Waals surface area contributed by atoms with Crippen LogP contribution in [0.25, 0.3) is 0 Å². The summed E-state index contributed by atoms with van der Waals surface area (Å²) in [4.78, 5) is 27.5. The van der Waals surface area contributed by atoms with E-state index in [1.807, 2.05) is 48.5 Å². The fourth-order valence-electron chi connectivity index (χ4n) is 4.44. The van der Waals surface area contributed by atoms with Crippen LogP contribution in [0, 0.1) is 0 Å². The van der Waals surface area contributed by atoms with Crippen molar-refractivity contribution in [2.45, 2.75) is 45.2 Å². The van der Waals surface area contributed by atoms with Crippen molar-refractivity contribution in [2.75, 3.05) is 45.7 Å². The van der Waals surface area contributed by atoms with E-state index in [1.165, 1.54) is 0 Å². The second-order valence-electron chi connectivity index (χ2n) is 9.61. The Morgan fingerprint density at radius 3 is 2.30 bits per heavy atom. The van der Waals surface area contributed by atoms with Crippen LogP contribution in [0.3, 0.4) is 0 Å². The van der Waals surface area contributed by atoms with Crippen molar-refractivity contribution in [1.29, 1.82) is 0 Å². The van der Waals surface area contributed by atoms with Crippen molar-refractivity contribution in [3.63, 3.8) is 0 Å². The van der Waals surface area contributed by atoms with E-state index in [2.05, 4.69) is 5.32 Å². The molecule has 2 atom stereocenters. The number of aryl methyl sites for hydroxylation is 1. The molecule has 3 rings (SSSR count). The second-order valence-corrected chi connectivity index (χ2v) is 11.7. The minimum absolute atomic E-state index is 0.0249. The zero-order valence-electron chi connectivity index (χ0n) is 23.5. The van der Waals surface area contributed by atoms with Crippen LogP contribution in [0.15, 0.2) is 66.7 Å². The Labute approximate surface area is 237 Å². The molecule has 0 aliphatic carbocycles. The molecule has 0 spiro atoms. The summed E-state index contributed by atoms with van der Waals surface area (Å²) in [7, 11) is -3.23. The number of allylic oxidation sites excluding steroid dienone is 1. The maximum absolute atomic E-state index is 13.1. The molecule has 1 fully saturated rings. The molecule has 10 heteroatoms. The SMILES string of the molecule is CCOP(=O)(C/C=C/[C@H](CCc1ccccc1)NC(=O)[C@@H](N)Cc1ccc(C(=O)N2CCOCC2)cc1)OCC. The van der Waals surface area contributed by atoms with Crippen LogP contribution in [0.2, 0.25) is 0 Å². The number of benzene rings is 2. The maximum Gasteiger partial charge on any atom is 0.334 e. The molecule has 2 amide bonds. The lowest BCUT2D eigenvalue weighted by molar-refractivity contribution is -0.122. The number of rotatable bonds is 15. The number of carbonyl (C=O) groups excluding carboxylic acids is 2. The Morgan fingerprint density at radius 2 is 1.68 bits per heavy atom. The van der Waals surface area contributed by atoms with E-state index in [4.69, 9.17) is 19.5 Å². The summed E-state index contributed by atoms with van der Waals surface area (Å²) in [5, 5.41) is 3.04. The predicted molar refractivity (Wildman–Crippen MR) is 156 cm³/mol. The van der Waals surface area contributed by atoms with E-state index in [-0.39, 0.29) is 37.2 Å². The van der Waals surface area contributed by atoms with Crippen LogP contribution in [0.1, 0.15) is 41.8 Å². The number of morpholine rings is 1. The molecule has 1 saturated heterocycles. The van der Waals surface area contributed by atoms with Gasteiger partial charge in [0.25, 0.3) is 5.91 Å². The van der Waals surface area contributed by atoms with Gasteiger partial charge in [0.15, 0.2) is 0 Å². The normalized spacial score (nSPS) is 15.6. The maximum atomic E-state index is 13.1. The molecule has 0 radical (unpaired) electrons. The summed E-state index contributed by atoms with van der Waals surface area (Å²) in [6, 6.07) is 16.2. The van der Waals surface area contributed by atoms with Crippen molar-refractivity contribution in [2.24, 2.45) is 5.73 Å². The number of ether oxygens (including phenoxy) is 1. The monoisotopic (exact) mass is 571 g/mol. The van der Waals surface area contributed by atoms with Gasteiger partial charge < -0.3 is 29.7 Å². The Hall–Kier alpha value is -2.81. The van der Waals surface area contributed by atoms with Crippen LogP contribution in [-0.4, -0.2) is 74.5 Å². The van der Waals surface area contributed by atoms with Crippen molar-refractivity contribution in [3.8, 4) is 0 Å². The topological polar surface area (TPSA) is 120 Å². The van der Waals surface area contributed by atoms with Crippen molar-refractivity contribution in [1.82, 2.24) is 10.2 Å². The van der Waals surface area contributed by atoms with Crippen LogP contribution in [0.5, 0.6) is 0 Å². The lowest BCUT2D eigenvalue weighted by Crippen LogP contribution is -2.46. The average molecular weight is 572 g/mol. The zero-order valence-corrected chi connectivity index (χ0v) is 24.4. The summed E-state index contributed by atoms with van der Waals surface area (Å²) in [5.41, 5.74) is 8.91. The minimum atomic E-state index is -3.23. The highest BCUT2D eigenvalue weighted by Gasteiger charge is 2.23. The highest BCUT2D eigenvalue weighted by atomic mass is 31.2. The third-order valence-electron chi connectivity index (χ3n) is 6.56. The quantitative estimate of drug-likeness (QED) is 0.245. The number of nitrogens with one attached hydrogen (secondary N) is 1.